The van der Waals surface area contributed by atoms with Gasteiger partial charge < -0.3 is 14.8 Å². The van der Waals surface area contributed by atoms with E-state index < -0.39 is 18.5 Å². The van der Waals surface area contributed by atoms with Crippen molar-refractivity contribution in [3.63, 3.8) is 0 Å². The summed E-state index contributed by atoms with van der Waals surface area (Å²) >= 11 is 7.25. The van der Waals surface area contributed by atoms with E-state index in [0.717, 1.165) is 21.6 Å². The molecule has 0 saturated carbocycles. The number of aromatic nitrogens is 2. The Hall–Kier alpha value is -4.14. The number of halogens is 1. The van der Waals surface area contributed by atoms with Gasteiger partial charge in [-0.2, -0.15) is 5.10 Å². The highest BCUT2D eigenvalue weighted by Gasteiger charge is 2.19. The number of benzene rings is 3. The molecule has 9 heteroatoms. The smallest absolute Gasteiger partial charge is 0.348 e. The lowest BCUT2D eigenvalue weighted by Crippen LogP contribution is -2.20. The van der Waals surface area contributed by atoms with E-state index in [1.54, 1.807) is 47.1 Å². The molecule has 7 nitrogen and oxygen atoms in total. The summed E-state index contributed by atoms with van der Waals surface area (Å²) in [5.74, 6) is 0.235. The van der Waals surface area contributed by atoms with Gasteiger partial charge in [-0.25, -0.2) is 9.48 Å². The van der Waals surface area contributed by atoms with Crippen LogP contribution in [0.4, 0.5) is 5.69 Å². The molecule has 0 aliphatic heterocycles. The molecule has 0 atom stereocenters. The van der Waals surface area contributed by atoms with Gasteiger partial charge in [-0.15, -0.1) is 11.3 Å². The summed E-state index contributed by atoms with van der Waals surface area (Å²) in [6.45, 7) is 1.46. The van der Waals surface area contributed by atoms with Crippen LogP contribution in [0.15, 0.2) is 84.9 Å². The normalized spacial score (nSPS) is 10.8. The Morgan fingerprint density at radius 1 is 0.972 bits per heavy atom. The molecule has 0 bridgehead atoms. The van der Waals surface area contributed by atoms with Gasteiger partial charge in [0.1, 0.15) is 21.2 Å². The number of para-hydroxylation sites is 1. The first-order valence-corrected chi connectivity index (χ1v) is 12.2. The number of esters is 1. The SMILES string of the molecule is Cc1nn(-c2ccc(Cl)cc2)c2sc(C(=O)OCC(=O)Nc3cccc(Oc4ccccc4)c3)cc12. The lowest BCUT2D eigenvalue weighted by Gasteiger charge is -2.09. The number of anilines is 1. The van der Waals surface area contributed by atoms with E-state index in [4.69, 9.17) is 21.1 Å². The Bertz CT molecular complexity index is 1540. The Morgan fingerprint density at radius 2 is 1.72 bits per heavy atom. The molecule has 5 aromatic rings. The van der Waals surface area contributed by atoms with Gasteiger partial charge in [0.15, 0.2) is 6.61 Å². The molecule has 0 fully saturated rings. The van der Waals surface area contributed by atoms with E-state index in [0.29, 0.717) is 27.1 Å². The zero-order valence-electron chi connectivity index (χ0n) is 19.1. The quantitative estimate of drug-likeness (QED) is 0.245. The lowest BCUT2D eigenvalue weighted by molar-refractivity contribution is -0.119. The maximum atomic E-state index is 12.7. The van der Waals surface area contributed by atoms with Crippen molar-refractivity contribution < 1.29 is 19.1 Å². The molecular weight excluding hydrogens is 498 g/mol. The second-order valence-corrected chi connectivity index (χ2v) is 9.34. The molecule has 36 heavy (non-hydrogen) atoms. The van der Waals surface area contributed by atoms with Crippen LogP contribution in [0.3, 0.4) is 0 Å². The minimum atomic E-state index is -0.574. The van der Waals surface area contributed by atoms with Crippen molar-refractivity contribution in [1.82, 2.24) is 9.78 Å². The fourth-order valence-electron chi connectivity index (χ4n) is 3.57. The highest BCUT2D eigenvalue weighted by atomic mass is 35.5. The summed E-state index contributed by atoms with van der Waals surface area (Å²) in [4.78, 5) is 26.3. The standard InChI is InChI=1S/C27H20ClN3O4S/c1-17-23-15-24(36-26(23)31(30-17)20-12-10-18(28)11-13-20)27(33)34-16-25(32)29-19-6-5-9-22(14-19)35-21-7-3-2-4-8-21/h2-15H,16H2,1H3,(H,29,32). The molecule has 0 aliphatic carbocycles. The van der Waals surface area contributed by atoms with E-state index in [9.17, 15) is 9.59 Å². The number of ether oxygens (including phenoxy) is 2. The maximum absolute atomic E-state index is 12.7. The highest BCUT2D eigenvalue weighted by molar-refractivity contribution is 7.20. The van der Waals surface area contributed by atoms with Crippen molar-refractivity contribution in [2.75, 3.05) is 11.9 Å². The van der Waals surface area contributed by atoms with Crippen LogP contribution >= 0.6 is 22.9 Å². The number of nitrogens with one attached hydrogen (secondary N) is 1. The molecule has 0 unspecified atom stereocenters. The third kappa shape index (κ3) is 5.25. The molecule has 3 aromatic carbocycles. The molecule has 1 amide bonds. The summed E-state index contributed by atoms with van der Waals surface area (Å²) in [7, 11) is 0. The van der Waals surface area contributed by atoms with Crippen molar-refractivity contribution in [3.05, 3.63) is 101 Å². The van der Waals surface area contributed by atoms with E-state index in [-0.39, 0.29) is 0 Å². The molecule has 0 spiro atoms. The van der Waals surface area contributed by atoms with Crippen LogP contribution in [0, 0.1) is 6.92 Å². The summed E-state index contributed by atoms with van der Waals surface area (Å²) < 4.78 is 12.8. The number of rotatable bonds is 7. The number of carbonyl (C=O) groups is 2. The average Bonchev–Trinajstić information content (AvgIpc) is 3.45. The van der Waals surface area contributed by atoms with Crippen molar-refractivity contribution in [2.24, 2.45) is 0 Å². The van der Waals surface area contributed by atoms with Crippen LogP contribution in [0.25, 0.3) is 15.9 Å². The number of amides is 1. The fraction of sp³-hybridized carbons (Fsp3) is 0.0741. The number of nitrogens with zero attached hydrogens (tertiary/aromatic N) is 2. The molecule has 2 aromatic heterocycles. The first kappa shape index (κ1) is 23.6. The molecule has 2 heterocycles. The molecule has 1 N–H and O–H groups in total. The first-order valence-electron chi connectivity index (χ1n) is 11.0. The van der Waals surface area contributed by atoms with E-state index in [1.165, 1.54) is 11.3 Å². The summed E-state index contributed by atoms with van der Waals surface area (Å²) in [5, 5.41) is 8.76. The summed E-state index contributed by atoms with van der Waals surface area (Å²) in [5.41, 5.74) is 2.15. The number of hydrogen-bond donors (Lipinski definition) is 1. The van der Waals surface area contributed by atoms with Gasteiger partial charge in [0.2, 0.25) is 0 Å². The lowest BCUT2D eigenvalue weighted by atomic mass is 10.3. The minimum absolute atomic E-state index is 0.388. The Balaban J connectivity index is 1.22. The van der Waals surface area contributed by atoms with Gasteiger partial charge in [-0.05, 0) is 61.5 Å². The van der Waals surface area contributed by atoms with Crippen LogP contribution < -0.4 is 10.1 Å². The van der Waals surface area contributed by atoms with Crippen molar-refractivity contribution in [2.45, 2.75) is 6.92 Å². The zero-order valence-corrected chi connectivity index (χ0v) is 20.7. The van der Waals surface area contributed by atoms with Crippen LogP contribution in [0.5, 0.6) is 11.5 Å². The predicted octanol–water partition coefficient (Wildman–Crippen LogP) is 6.64. The molecule has 5 rings (SSSR count). The third-order valence-corrected chi connectivity index (χ3v) is 6.59. The Labute approximate surface area is 215 Å². The van der Waals surface area contributed by atoms with E-state index in [1.807, 2.05) is 49.4 Å². The molecule has 0 saturated heterocycles. The largest absolute Gasteiger partial charge is 0.457 e. The summed E-state index contributed by atoms with van der Waals surface area (Å²) in [6, 6.07) is 25.3. The third-order valence-electron chi connectivity index (χ3n) is 5.25. The van der Waals surface area contributed by atoms with Crippen LogP contribution in [0.1, 0.15) is 15.4 Å². The van der Waals surface area contributed by atoms with Crippen LogP contribution in [0.2, 0.25) is 5.02 Å². The second-order valence-electron chi connectivity index (χ2n) is 7.87. The monoisotopic (exact) mass is 517 g/mol. The first-order chi connectivity index (χ1) is 17.5. The topological polar surface area (TPSA) is 82.5 Å². The molecule has 0 aliphatic rings. The minimum Gasteiger partial charge on any atom is -0.457 e. The average molecular weight is 518 g/mol. The summed E-state index contributed by atoms with van der Waals surface area (Å²) in [6.07, 6.45) is 0. The zero-order chi connectivity index (χ0) is 25.1. The van der Waals surface area contributed by atoms with Gasteiger partial charge in [0.25, 0.3) is 5.91 Å². The highest BCUT2D eigenvalue weighted by Crippen LogP contribution is 2.31. The number of thiophene rings is 1. The number of hydrogen-bond acceptors (Lipinski definition) is 6. The maximum Gasteiger partial charge on any atom is 0.348 e. The molecular formula is C27H20ClN3O4S. The van der Waals surface area contributed by atoms with E-state index in [2.05, 4.69) is 10.4 Å². The fourth-order valence-corrected chi connectivity index (χ4v) is 4.77. The number of aryl methyl sites for hydroxylation is 1. The van der Waals surface area contributed by atoms with Gasteiger partial charge in [0, 0.05) is 22.2 Å². The second kappa shape index (κ2) is 10.2. The molecule has 180 valence electrons. The van der Waals surface area contributed by atoms with Crippen molar-refractivity contribution >= 4 is 50.7 Å². The van der Waals surface area contributed by atoms with Gasteiger partial charge in [0.05, 0.1) is 11.4 Å². The Morgan fingerprint density at radius 3 is 2.50 bits per heavy atom. The molecule has 0 radical (unpaired) electrons. The number of fused-ring (bicyclic) bond motifs is 1. The van der Waals surface area contributed by atoms with Gasteiger partial charge >= 0.3 is 5.97 Å². The predicted molar refractivity (Wildman–Crippen MR) is 141 cm³/mol. The van der Waals surface area contributed by atoms with Crippen LogP contribution in [-0.2, 0) is 9.53 Å². The van der Waals surface area contributed by atoms with Crippen molar-refractivity contribution in [3.8, 4) is 17.2 Å². The van der Waals surface area contributed by atoms with Crippen molar-refractivity contribution in [1.29, 1.82) is 0 Å². The van der Waals surface area contributed by atoms with Gasteiger partial charge in [-0.1, -0.05) is 35.9 Å². The van der Waals surface area contributed by atoms with Gasteiger partial charge in [-0.3, -0.25) is 4.79 Å². The Kier molecular flexibility index (Phi) is 6.71. The van der Waals surface area contributed by atoms with E-state index >= 15 is 0 Å². The van der Waals surface area contributed by atoms with Crippen LogP contribution in [-0.4, -0.2) is 28.3 Å². The number of carbonyl (C=O) groups excluding carboxylic acids is 2.